The van der Waals surface area contributed by atoms with Gasteiger partial charge in [-0.05, 0) is 60.6 Å². The summed E-state index contributed by atoms with van der Waals surface area (Å²) in [6.07, 6.45) is 9.42. The normalized spacial score (nSPS) is 38.6. The minimum atomic E-state index is -0.710. The predicted molar refractivity (Wildman–Crippen MR) is 65.4 cm³/mol. The molecule has 0 heterocycles. The Kier molecular flexibility index (Phi) is 2.40. The molecule has 1 saturated carbocycles. The van der Waals surface area contributed by atoms with Crippen molar-refractivity contribution in [2.45, 2.75) is 32.1 Å². The van der Waals surface area contributed by atoms with E-state index in [2.05, 4.69) is 12.2 Å². The lowest BCUT2D eigenvalue weighted by molar-refractivity contribution is -0.144. The Balaban J connectivity index is 1.79. The smallest absolute Gasteiger partial charge is 0.303 e. The third-order valence-electron chi connectivity index (χ3n) is 4.87. The quantitative estimate of drug-likeness (QED) is 0.781. The van der Waals surface area contributed by atoms with E-state index < -0.39 is 5.97 Å². The average Bonchev–Trinajstić information content (AvgIpc) is 2.51. The Labute approximate surface area is 101 Å². The van der Waals surface area contributed by atoms with Crippen LogP contribution in [0.5, 0.6) is 0 Å². The topological polar surface area (TPSA) is 63.3 Å². The highest BCUT2D eigenvalue weighted by Gasteiger charge is 2.55. The number of carboxylic acids is 1. The molecular weight excluding hydrogens is 214 g/mol. The largest absolute Gasteiger partial charge is 0.481 e. The molecule has 0 bridgehead atoms. The van der Waals surface area contributed by atoms with Crippen LogP contribution in [0.2, 0.25) is 0 Å². The first-order chi connectivity index (χ1) is 8.14. The van der Waals surface area contributed by atoms with Crippen LogP contribution in [-0.2, 0) is 4.79 Å². The molecule has 0 aromatic carbocycles. The third kappa shape index (κ3) is 1.56. The Morgan fingerprint density at radius 2 is 2.29 bits per heavy atom. The third-order valence-corrected chi connectivity index (χ3v) is 4.87. The van der Waals surface area contributed by atoms with Crippen LogP contribution in [0.1, 0.15) is 32.1 Å². The summed E-state index contributed by atoms with van der Waals surface area (Å²) in [7, 11) is 0. The summed E-state index contributed by atoms with van der Waals surface area (Å²) in [5.41, 5.74) is 8.66. The summed E-state index contributed by atoms with van der Waals surface area (Å²) < 4.78 is 0. The maximum absolute atomic E-state index is 11.0. The van der Waals surface area contributed by atoms with E-state index in [0.717, 1.165) is 12.8 Å². The fourth-order valence-electron chi connectivity index (χ4n) is 3.81. The molecule has 0 aromatic rings. The number of rotatable bonds is 4. The van der Waals surface area contributed by atoms with Gasteiger partial charge in [-0.1, -0.05) is 12.2 Å². The molecule has 0 radical (unpaired) electrons. The first-order valence-electron chi connectivity index (χ1n) is 6.46. The van der Waals surface area contributed by atoms with Gasteiger partial charge in [-0.15, -0.1) is 0 Å². The molecule has 1 fully saturated rings. The molecule has 17 heavy (non-hydrogen) atoms. The SMILES string of the molecule is NC[C@]1(CC(=O)O)CC2CC(C3=CCC3)=C[C@H]21. The zero-order chi connectivity index (χ0) is 12.0. The van der Waals surface area contributed by atoms with Crippen molar-refractivity contribution in [3.8, 4) is 0 Å². The molecule has 1 unspecified atom stereocenters. The Morgan fingerprint density at radius 3 is 2.82 bits per heavy atom. The molecule has 0 amide bonds. The summed E-state index contributed by atoms with van der Waals surface area (Å²) in [4.78, 5) is 11.0. The van der Waals surface area contributed by atoms with E-state index in [0.29, 0.717) is 18.4 Å². The van der Waals surface area contributed by atoms with E-state index in [-0.39, 0.29) is 11.8 Å². The highest BCUT2D eigenvalue weighted by atomic mass is 16.4. The van der Waals surface area contributed by atoms with E-state index in [1.54, 1.807) is 0 Å². The van der Waals surface area contributed by atoms with Gasteiger partial charge in [0.25, 0.3) is 0 Å². The van der Waals surface area contributed by atoms with Crippen LogP contribution in [0.25, 0.3) is 0 Å². The van der Waals surface area contributed by atoms with Gasteiger partial charge in [-0.2, -0.15) is 0 Å². The standard InChI is InChI=1S/C14H19NO2/c15-8-14(7-13(16)17)6-11-4-10(5-12(11)14)9-2-1-3-9/h2,5,11-12H,1,3-4,6-8,15H2,(H,16,17)/t11?,12-,14-/m1/s1. The summed E-state index contributed by atoms with van der Waals surface area (Å²) in [5.74, 6) is 0.369. The van der Waals surface area contributed by atoms with Crippen LogP contribution in [0.15, 0.2) is 23.3 Å². The number of aliphatic carboxylic acids is 1. The van der Waals surface area contributed by atoms with Crippen LogP contribution in [0.4, 0.5) is 0 Å². The molecule has 3 atom stereocenters. The lowest BCUT2D eigenvalue weighted by Gasteiger charge is -2.51. The van der Waals surface area contributed by atoms with Crippen molar-refractivity contribution in [1.29, 1.82) is 0 Å². The Morgan fingerprint density at radius 1 is 1.53 bits per heavy atom. The number of hydrogen-bond donors (Lipinski definition) is 2. The maximum atomic E-state index is 11.0. The molecule has 0 aliphatic heterocycles. The van der Waals surface area contributed by atoms with Gasteiger partial charge in [0.2, 0.25) is 0 Å². The molecule has 3 aliphatic carbocycles. The molecular formula is C14H19NO2. The highest BCUT2D eigenvalue weighted by molar-refractivity contribution is 5.68. The molecule has 0 saturated heterocycles. The molecule has 3 nitrogen and oxygen atoms in total. The maximum Gasteiger partial charge on any atom is 0.303 e. The number of allylic oxidation sites excluding steroid dienone is 4. The zero-order valence-corrected chi connectivity index (χ0v) is 9.98. The zero-order valence-electron chi connectivity index (χ0n) is 9.98. The number of nitrogens with two attached hydrogens (primary N) is 1. The second-order valence-corrected chi connectivity index (χ2v) is 5.79. The molecule has 0 spiro atoms. The van der Waals surface area contributed by atoms with Crippen molar-refractivity contribution in [2.75, 3.05) is 6.54 Å². The van der Waals surface area contributed by atoms with Crippen molar-refractivity contribution < 1.29 is 9.90 Å². The van der Waals surface area contributed by atoms with Crippen molar-refractivity contribution in [2.24, 2.45) is 23.0 Å². The van der Waals surface area contributed by atoms with Gasteiger partial charge in [0.1, 0.15) is 0 Å². The monoisotopic (exact) mass is 233 g/mol. The molecule has 92 valence electrons. The van der Waals surface area contributed by atoms with Gasteiger partial charge >= 0.3 is 5.97 Å². The van der Waals surface area contributed by atoms with E-state index >= 15 is 0 Å². The van der Waals surface area contributed by atoms with Gasteiger partial charge in [0.15, 0.2) is 0 Å². The molecule has 3 N–H and O–H groups in total. The van der Waals surface area contributed by atoms with Crippen LogP contribution in [-0.4, -0.2) is 17.6 Å². The second kappa shape index (κ2) is 3.70. The molecule has 3 aliphatic rings. The summed E-state index contributed by atoms with van der Waals surface area (Å²) in [6, 6.07) is 0. The number of fused-ring (bicyclic) bond motifs is 1. The highest BCUT2D eigenvalue weighted by Crippen LogP contribution is 2.60. The fraction of sp³-hybridized carbons (Fsp3) is 0.643. The van der Waals surface area contributed by atoms with E-state index in [1.165, 1.54) is 24.0 Å². The molecule has 0 aromatic heterocycles. The van der Waals surface area contributed by atoms with Crippen LogP contribution < -0.4 is 5.73 Å². The van der Waals surface area contributed by atoms with Crippen LogP contribution in [0, 0.1) is 17.3 Å². The first kappa shape index (κ1) is 11.0. The van der Waals surface area contributed by atoms with Gasteiger partial charge in [0, 0.05) is 0 Å². The number of carbonyl (C=O) groups is 1. The second-order valence-electron chi connectivity index (χ2n) is 5.79. The number of hydrogen-bond acceptors (Lipinski definition) is 2. The van der Waals surface area contributed by atoms with Gasteiger partial charge in [0.05, 0.1) is 6.42 Å². The summed E-state index contributed by atoms with van der Waals surface area (Å²) in [6.45, 7) is 0.503. The fourth-order valence-corrected chi connectivity index (χ4v) is 3.81. The van der Waals surface area contributed by atoms with Gasteiger partial charge < -0.3 is 10.8 Å². The van der Waals surface area contributed by atoms with Crippen molar-refractivity contribution in [3.63, 3.8) is 0 Å². The van der Waals surface area contributed by atoms with Crippen molar-refractivity contribution in [1.82, 2.24) is 0 Å². The summed E-state index contributed by atoms with van der Waals surface area (Å²) >= 11 is 0. The summed E-state index contributed by atoms with van der Waals surface area (Å²) in [5, 5.41) is 9.01. The lowest BCUT2D eigenvalue weighted by atomic mass is 9.53. The Hall–Kier alpha value is -1.09. The van der Waals surface area contributed by atoms with Crippen LogP contribution >= 0.6 is 0 Å². The first-order valence-corrected chi connectivity index (χ1v) is 6.46. The predicted octanol–water partition coefficient (Wildman–Crippen LogP) is 2.09. The molecule has 3 rings (SSSR count). The molecule has 3 heteroatoms. The minimum absolute atomic E-state index is 0.150. The van der Waals surface area contributed by atoms with Crippen molar-refractivity contribution in [3.05, 3.63) is 23.3 Å². The average molecular weight is 233 g/mol. The lowest BCUT2D eigenvalue weighted by Crippen LogP contribution is -2.51. The van der Waals surface area contributed by atoms with Gasteiger partial charge in [-0.25, -0.2) is 0 Å². The van der Waals surface area contributed by atoms with Crippen LogP contribution in [0.3, 0.4) is 0 Å². The van der Waals surface area contributed by atoms with E-state index in [9.17, 15) is 4.79 Å². The van der Waals surface area contributed by atoms with Gasteiger partial charge in [-0.3, -0.25) is 4.79 Å². The number of carboxylic acid groups (broad SMARTS) is 1. The Bertz CT molecular complexity index is 424. The van der Waals surface area contributed by atoms with Crippen molar-refractivity contribution >= 4 is 5.97 Å². The minimum Gasteiger partial charge on any atom is -0.481 e. The van der Waals surface area contributed by atoms with E-state index in [4.69, 9.17) is 10.8 Å². The van der Waals surface area contributed by atoms with E-state index in [1.807, 2.05) is 0 Å².